The number of nitrogens with two attached hydrogens (primary N) is 1. The van der Waals surface area contributed by atoms with Gasteiger partial charge in [0.2, 0.25) is 0 Å². The minimum absolute atomic E-state index is 0.181. The maximum absolute atomic E-state index is 6.07. The standard InChI is InChI=1S/C16H22N2OS/c1-4-14(17)8-13-7-5-6-11(2)16(13)19-9-15-10-20-12(3)18-15/h5-7,10,14H,4,8-9,17H2,1-3H3. The van der Waals surface area contributed by atoms with Gasteiger partial charge in [0.05, 0.1) is 10.7 Å². The first-order valence-electron chi connectivity index (χ1n) is 6.98. The van der Waals surface area contributed by atoms with Gasteiger partial charge < -0.3 is 10.5 Å². The Balaban J connectivity index is 2.12. The van der Waals surface area contributed by atoms with Gasteiger partial charge in [0.1, 0.15) is 12.4 Å². The zero-order valence-corrected chi connectivity index (χ0v) is 13.2. The molecule has 1 atom stereocenters. The topological polar surface area (TPSA) is 48.1 Å². The maximum Gasteiger partial charge on any atom is 0.131 e. The first kappa shape index (κ1) is 15.0. The van der Waals surface area contributed by atoms with Crippen molar-refractivity contribution in [2.24, 2.45) is 5.73 Å². The molecule has 0 aliphatic heterocycles. The first-order chi connectivity index (χ1) is 9.60. The van der Waals surface area contributed by atoms with E-state index in [1.165, 1.54) is 5.56 Å². The van der Waals surface area contributed by atoms with Crippen molar-refractivity contribution in [2.45, 2.75) is 46.3 Å². The number of hydrogen-bond donors (Lipinski definition) is 1. The predicted molar refractivity (Wildman–Crippen MR) is 84.3 cm³/mol. The van der Waals surface area contributed by atoms with Crippen LogP contribution in [0, 0.1) is 13.8 Å². The van der Waals surface area contributed by atoms with E-state index in [9.17, 15) is 0 Å². The van der Waals surface area contributed by atoms with Crippen molar-refractivity contribution in [2.75, 3.05) is 0 Å². The van der Waals surface area contributed by atoms with Gasteiger partial charge in [0, 0.05) is 11.4 Å². The highest BCUT2D eigenvalue weighted by atomic mass is 32.1. The lowest BCUT2D eigenvalue weighted by atomic mass is 10.0. The van der Waals surface area contributed by atoms with Gasteiger partial charge in [-0.3, -0.25) is 0 Å². The molecular weight excluding hydrogens is 268 g/mol. The lowest BCUT2D eigenvalue weighted by Gasteiger charge is -2.16. The highest BCUT2D eigenvalue weighted by Crippen LogP contribution is 2.26. The normalized spacial score (nSPS) is 12.4. The molecule has 1 aromatic heterocycles. The third-order valence-electron chi connectivity index (χ3n) is 3.33. The highest BCUT2D eigenvalue weighted by Gasteiger charge is 2.11. The van der Waals surface area contributed by atoms with E-state index in [2.05, 4.69) is 37.0 Å². The second-order valence-corrected chi connectivity index (χ2v) is 6.14. The summed E-state index contributed by atoms with van der Waals surface area (Å²) in [7, 11) is 0. The molecule has 2 rings (SSSR count). The molecule has 2 N–H and O–H groups in total. The summed E-state index contributed by atoms with van der Waals surface area (Å²) in [5.41, 5.74) is 9.39. The van der Waals surface area contributed by atoms with Crippen molar-refractivity contribution in [3.63, 3.8) is 0 Å². The van der Waals surface area contributed by atoms with Crippen LogP contribution in [0.1, 0.15) is 35.2 Å². The van der Waals surface area contributed by atoms with Gasteiger partial charge in [-0.25, -0.2) is 4.98 Å². The molecule has 0 aliphatic rings. The summed E-state index contributed by atoms with van der Waals surface area (Å²) in [6, 6.07) is 6.42. The maximum atomic E-state index is 6.07. The van der Waals surface area contributed by atoms with E-state index in [-0.39, 0.29) is 6.04 Å². The van der Waals surface area contributed by atoms with Crippen LogP contribution in [0.5, 0.6) is 5.75 Å². The summed E-state index contributed by atoms with van der Waals surface area (Å²) in [4.78, 5) is 4.43. The summed E-state index contributed by atoms with van der Waals surface area (Å²) in [5, 5.41) is 3.12. The number of para-hydroxylation sites is 1. The third kappa shape index (κ3) is 3.81. The fraction of sp³-hybridized carbons (Fsp3) is 0.438. The SMILES string of the molecule is CCC(N)Cc1cccc(C)c1OCc1csc(C)n1. The number of nitrogens with zero attached hydrogens (tertiary/aromatic N) is 1. The van der Waals surface area contributed by atoms with E-state index < -0.39 is 0 Å². The van der Waals surface area contributed by atoms with Crippen molar-refractivity contribution in [1.29, 1.82) is 0 Å². The molecule has 0 fully saturated rings. The molecule has 0 amide bonds. The number of thiazole rings is 1. The monoisotopic (exact) mass is 290 g/mol. The average Bonchev–Trinajstić information content (AvgIpc) is 2.83. The number of aromatic nitrogens is 1. The minimum Gasteiger partial charge on any atom is -0.487 e. The molecule has 0 spiro atoms. The van der Waals surface area contributed by atoms with Gasteiger partial charge in [-0.05, 0) is 37.8 Å². The van der Waals surface area contributed by atoms with Gasteiger partial charge in [0.15, 0.2) is 0 Å². The first-order valence-corrected chi connectivity index (χ1v) is 7.86. The summed E-state index contributed by atoms with van der Waals surface area (Å²) >= 11 is 1.65. The summed E-state index contributed by atoms with van der Waals surface area (Å²) < 4.78 is 6.00. The Bertz CT molecular complexity index is 565. The van der Waals surface area contributed by atoms with E-state index in [0.717, 1.165) is 34.9 Å². The van der Waals surface area contributed by atoms with Crippen LogP contribution in [-0.2, 0) is 13.0 Å². The smallest absolute Gasteiger partial charge is 0.131 e. The number of hydrogen-bond acceptors (Lipinski definition) is 4. The van der Waals surface area contributed by atoms with Crippen molar-refractivity contribution in [3.05, 3.63) is 45.4 Å². The molecule has 4 heteroatoms. The van der Waals surface area contributed by atoms with Gasteiger partial charge >= 0.3 is 0 Å². The molecule has 0 radical (unpaired) electrons. The number of benzene rings is 1. The lowest BCUT2D eigenvalue weighted by Crippen LogP contribution is -2.21. The van der Waals surface area contributed by atoms with E-state index in [0.29, 0.717) is 6.61 Å². The minimum atomic E-state index is 0.181. The molecule has 0 saturated heterocycles. The van der Waals surface area contributed by atoms with Crippen LogP contribution >= 0.6 is 11.3 Å². The molecule has 0 bridgehead atoms. The Morgan fingerprint density at radius 3 is 2.80 bits per heavy atom. The van der Waals surface area contributed by atoms with Crippen molar-refractivity contribution in [3.8, 4) is 5.75 Å². The molecule has 2 aromatic rings. The van der Waals surface area contributed by atoms with Crippen LogP contribution in [0.25, 0.3) is 0 Å². The Kier molecular flexibility index (Phi) is 5.15. The Labute approximate surface area is 124 Å². The summed E-state index contributed by atoms with van der Waals surface area (Å²) in [6.45, 7) is 6.71. The number of ether oxygens (including phenoxy) is 1. The lowest BCUT2D eigenvalue weighted by molar-refractivity contribution is 0.296. The van der Waals surface area contributed by atoms with Crippen LogP contribution < -0.4 is 10.5 Å². The molecule has 108 valence electrons. The Morgan fingerprint density at radius 2 is 2.15 bits per heavy atom. The van der Waals surface area contributed by atoms with Crippen LogP contribution in [0.4, 0.5) is 0 Å². The number of rotatable bonds is 6. The van der Waals surface area contributed by atoms with E-state index >= 15 is 0 Å². The van der Waals surface area contributed by atoms with Crippen LogP contribution in [0.3, 0.4) is 0 Å². The molecular formula is C16H22N2OS. The largest absolute Gasteiger partial charge is 0.487 e. The predicted octanol–water partition coefficient (Wildman–Crippen LogP) is 3.62. The summed E-state index contributed by atoms with van der Waals surface area (Å²) in [5.74, 6) is 0.960. The van der Waals surface area contributed by atoms with Gasteiger partial charge in [0.25, 0.3) is 0 Å². The van der Waals surface area contributed by atoms with E-state index in [4.69, 9.17) is 10.5 Å². The molecule has 1 heterocycles. The average molecular weight is 290 g/mol. The van der Waals surface area contributed by atoms with Crippen LogP contribution in [-0.4, -0.2) is 11.0 Å². The second-order valence-electron chi connectivity index (χ2n) is 5.08. The second kappa shape index (κ2) is 6.86. The Morgan fingerprint density at radius 1 is 1.35 bits per heavy atom. The van der Waals surface area contributed by atoms with Crippen LogP contribution in [0.15, 0.2) is 23.6 Å². The molecule has 0 saturated carbocycles. The van der Waals surface area contributed by atoms with E-state index in [1.807, 2.05) is 12.3 Å². The molecule has 3 nitrogen and oxygen atoms in total. The highest BCUT2D eigenvalue weighted by molar-refractivity contribution is 7.09. The molecule has 1 unspecified atom stereocenters. The van der Waals surface area contributed by atoms with Crippen LogP contribution in [0.2, 0.25) is 0 Å². The quantitative estimate of drug-likeness (QED) is 0.884. The molecule has 1 aromatic carbocycles. The summed E-state index contributed by atoms with van der Waals surface area (Å²) in [6.07, 6.45) is 1.82. The van der Waals surface area contributed by atoms with Gasteiger partial charge in [-0.15, -0.1) is 11.3 Å². The molecule has 20 heavy (non-hydrogen) atoms. The fourth-order valence-electron chi connectivity index (χ4n) is 2.13. The molecule has 0 aliphatic carbocycles. The third-order valence-corrected chi connectivity index (χ3v) is 4.15. The van der Waals surface area contributed by atoms with Gasteiger partial charge in [-0.2, -0.15) is 0 Å². The van der Waals surface area contributed by atoms with Gasteiger partial charge in [-0.1, -0.05) is 25.1 Å². The zero-order chi connectivity index (χ0) is 14.5. The Hall–Kier alpha value is -1.39. The van der Waals surface area contributed by atoms with Crippen molar-refractivity contribution in [1.82, 2.24) is 4.98 Å². The van der Waals surface area contributed by atoms with Crippen molar-refractivity contribution >= 4 is 11.3 Å². The van der Waals surface area contributed by atoms with E-state index in [1.54, 1.807) is 11.3 Å². The fourth-order valence-corrected chi connectivity index (χ4v) is 2.73. The zero-order valence-electron chi connectivity index (χ0n) is 12.3. The van der Waals surface area contributed by atoms with Crippen molar-refractivity contribution < 1.29 is 4.74 Å². The number of aryl methyl sites for hydroxylation is 2.